The second-order valence-corrected chi connectivity index (χ2v) is 5.40. The van der Waals surface area contributed by atoms with E-state index < -0.39 is 0 Å². The van der Waals surface area contributed by atoms with E-state index in [-0.39, 0.29) is 0 Å². The molecular formula is C17H12N2S. The molecule has 0 aliphatic rings. The highest BCUT2D eigenvalue weighted by Gasteiger charge is 2.10. The van der Waals surface area contributed by atoms with E-state index in [1.54, 1.807) is 0 Å². The highest BCUT2D eigenvalue weighted by Crippen LogP contribution is 2.37. The minimum Gasteiger partial charge on any atom is -0.376 e. The molecule has 0 heterocycles. The molecule has 0 fully saturated rings. The summed E-state index contributed by atoms with van der Waals surface area (Å²) in [5.74, 6) is 0. The van der Waals surface area contributed by atoms with E-state index in [2.05, 4.69) is 53.8 Å². The van der Waals surface area contributed by atoms with Crippen molar-refractivity contribution in [2.45, 2.75) is 0 Å². The molecule has 3 N–H and O–H groups in total. The Morgan fingerprint density at radius 3 is 2.10 bits per heavy atom. The van der Waals surface area contributed by atoms with Crippen LogP contribution < -0.4 is 11.1 Å². The molecule has 0 aliphatic carbocycles. The van der Waals surface area contributed by atoms with Gasteiger partial charge in [-0.25, -0.2) is 0 Å². The molecule has 0 saturated heterocycles. The Labute approximate surface area is 121 Å². The minimum atomic E-state index is 0.292. The van der Waals surface area contributed by atoms with Gasteiger partial charge in [-0.15, -0.1) is 0 Å². The molecule has 0 saturated carbocycles. The molecule has 0 bridgehead atoms. The summed E-state index contributed by atoms with van der Waals surface area (Å²) in [6.07, 6.45) is 0. The summed E-state index contributed by atoms with van der Waals surface area (Å²) < 4.78 is 0. The smallest absolute Gasteiger partial charge is 0.168 e. The summed E-state index contributed by atoms with van der Waals surface area (Å²) in [5.41, 5.74) is 6.58. The van der Waals surface area contributed by atoms with Crippen LogP contribution in [0.1, 0.15) is 0 Å². The van der Waals surface area contributed by atoms with Gasteiger partial charge in [0.15, 0.2) is 5.11 Å². The molecule has 0 amide bonds. The molecule has 0 aliphatic heterocycles. The number of nitrogens with two attached hydrogens (primary N) is 1. The average Bonchev–Trinajstić information content (AvgIpc) is 2.46. The first-order valence-corrected chi connectivity index (χ1v) is 6.88. The van der Waals surface area contributed by atoms with E-state index in [0.717, 1.165) is 11.1 Å². The zero-order valence-electron chi connectivity index (χ0n) is 10.7. The van der Waals surface area contributed by atoms with Gasteiger partial charge in [0.05, 0.1) is 0 Å². The number of benzene rings is 4. The molecule has 4 aromatic rings. The van der Waals surface area contributed by atoms with Crippen LogP contribution in [0.25, 0.3) is 32.3 Å². The van der Waals surface area contributed by atoms with Gasteiger partial charge in [-0.2, -0.15) is 0 Å². The zero-order valence-corrected chi connectivity index (χ0v) is 11.5. The average molecular weight is 276 g/mol. The Morgan fingerprint density at radius 1 is 0.800 bits per heavy atom. The third-order valence-corrected chi connectivity index (χ3v) is 3.89. The molecule has 4 rings (SSSR count). The van der Waals surface area contributed by atoms with Crippen molar-refractivity contribution in [1.82, 2.24) is 0 Å². The van der Waals surface area contributed by atoms with Crippen LogP contribution in [-0.2, 0) is 0 Å². The Morgan fingerprint density at radius 2 is 1.40 bits per heavy atom. The van der Waals surface area contributed by atoms with Crippen LogP contribution in [0.5, 0.6) is 0 Å². The van der Waals surface area contributed by atoms with Gasteiger partial charge >= 0.3 is 0 Å². The molecule has 20 heavy (non-hydrogen) atoms. The second kappa shape index (κ2) is 4.05. The van der Waals surface area contributed by atoms with Gasteiger partial charge in [-0.1, -0.05) is 48.5 Å². The monoisotopic (exact) mass is 276 g/mol. The molecule has 2 nitrogen and oxygen atoms in total. The molecule has 0 spiro atoms. The van der Waals surface area contributed by atoms with Crippen LogP contribution in [0.4, 0.5) is 5.69 Å². The minimum absolute atomic E-state index is 0.292. The van der Waals surface area contributed by atoms with Crippen molar-refractivity contribution in [3.05, 3.63) is 54.6 Å². The van der Waals surface area contributed by atoms with Crippen molar-refractivity contribution in [3.63, 3.8) is 0 Å². The lowest BCUT2D eigenvalue weighted by atomic mass is 9.93. The lowest BCUT2D eigenvalue weighted by Crippen LogP contribution is -2.19. The van der Waals surface area contributed by atoms with Gasteiger partial charge in [0, 0.05) is 11.1 Å². The molecule has 96 valence electrons. The van der Waals surface area contributed by atoms with E-state index in [9.17, 15) is 0 Å². The van der Waals surface area contributed by atoms with Crippen LogP contribution in [-0.4, -0.2) is 5.11 Å². The SMILES string of the molecule is NC(=S)Nc1ccc2ccc3cccc4ccc1c2c34. The van der Waals surface area contributed by atoms with Crippen molar-refractivity contribution in [1.29, 1.82) is 0 Å². The molecule has 0 radical (unpaired) electrons. The van der Waals surface area contributed by atoms with Crippen LogP contribution in [0.2, 0.25) is 0 Å². The maximum Gasteiger partial charge on any atom is 0.168 e. The van der Waals surface area contributed by atoms with Crippen LogP contribution in [0, 0.1) is 0 Å². The van der Waals surface area contributed by atoms with Crippen molar-refractivity contribution in [3.8, 4) is 0 Å². The van der Waals surface area contributed by atoms with E-state index in [1.807, 2.05) is 6.07 Å². The number of hydrogen-bond acceptors (Lipinski definition) is 1. The van der Waals surface area contributed by atoms with Gasteiger partial charge in [0.2, 0.25) is 0 Å². The van der Waals surface area contributed by atoms with E-state index in [0.29, 0.717) is 5.11 Å². The highest BCUT2D eigenvalue weighted by atomic mass is 32.1. The van der Waals surface area contributed by atoms with Gasteiger partial charge in [0.1, 0.15) is 0 Å². The number of hydrogen-bond donors (Lipinski definition) is 2. The molecular weight excluding hydrogens is 264 g/mol. The lowest BCUT2D eigenvalue weighted by Gasteiger charge is -2.14. The van der Waals surface area contributed by atoms with Gasteiger partial charge in [-0.3, -0.25) is 0 Å². The summed E-state index contributed by atoms with van der Waals surface area (Å²) in [6.45, 7) is 0. The maximum absolute atomic E-state index is 5.62. The zero-order chi connectivity index (χ0) is 13.7. The first-order chi connectivity index (χ1) is 9.74. The maximum atomic E-state index is 5.62. The van der Waals surface area contributed by atoms with Gasteiger partial charge in [-0.05, 0) is 45.2 Å². The molecule has 3 heteroatoms. The van der Waals surface area contributed by atoms with Crippen molar-refractivity contribution in [2.24, 2.45) is 5.73 Å². The summed E-state index contributed by atoms with van der Waals surface area (Å²) >= 11 is 4.96. The summed E-state index contributed by atoms with van der Waals surface area (Å²) in [6, 6.07) is 19.1. The Hall–Kier alpha value is -2.39. The van der Waals surface area contributed by atoms with Gasteiger partial charge < -0.3 is 11.1 Å². The molecule has 0 atom stereocenters. The Balaban J connectivity index is 2.23. The first kappa shape index (κ1) is 11.4. The standard InChI is InChI=1S/C17H12N2S/c18-17(20)19-14-9-7-12-5-4-10-2-1-3-11-6-8-13(14)16(12)15(10)11/h1-9H,(H3,18,19,20). The second-order valence-electron chi connectivity index (χ2n) is 4.96. The fraction of sp³-hybridized carbons (Fsp3) is 0. The number of nitrogens with one attached hydrogen (secondary N) is 1. The normalized spacial score (nSPS) is 11.4. The van der Waals surface area contributed by atoms with Crippen LogP contribution in [0.3, 0.4) is 0 Å². The van der Waals surface area contributed by atoms with Crippen LogP contribution >= 0.6 is 12.2 Å². The Bertz CT molecular complexity index is 943. The fourth-order valence-corrected chi connectivity index (χ4v) is 3.09. The summed E-state index contributed by atoms with van der Waals surface area (Å²) in [4.78, 5) is 0. The molecule has 0 unspecified atom stereocenters. The molecule has 4 aromatic carbocycles. The topological polar surface area (TPSA) is 38.0 Å². The van der Waals surface area contributed by atoms with E-state index in [4.69, 9.17) is 18.0 Å². The third kappa shape index (κ3) is 1.53. The Kier molecular flexibility index (Phi) is 2.32. The summed E-state index contributed by atoms with van der Waals surface area (Å²) in [7, 11) is 0. The molecule has 0 aromatic heterocycles. The van der Waals surface area contributed by atoms with E-state index >= 15 is 0 Å². The first-order valence-electron chi connectivity index (χ1n) is 6.47. The summed E-state index contributed by atoms with van der Waals surface area (Å²) in [5, 5.41) is 10.8. The largest absolute Gasteiger partial charge is 0.376 e. The fourth-order valence-electron chi connectivity index (χ4n) is 2.98. The quantitative estimate of drug-likeness (QED) is 0.403. The van der Waals surface area contributed by atoms with E-state index in [1.165, 1.54) is 26.9 Å². The van der Waals surface area contributed by atoms with Crippen molar-refractivity contribution >= 4 is 55.3 Å². The highest BCUT2D eigenvalue weighted by molar-refractivity contribution is 7.80. The van der Waals surface area contributed by atoms with Crippen LogP contribution in [0.15, 0.2) is 54.6 Å². The van der Waals surface area contributed by atoms with Crippen molar-refractivity contribution < 1.29 is 0 Å². The lowest BCUT2D eigenvalue weighted by molar-refractivity contribution is 1.66. The number of rotatable bonds is 1. The number of anilines is 1. The van der Waals surface area contributed by atoms with Crippen molar-refractivity contribution in [2.75, 3.05) is 5.32 Å². The predicted molar refractivity (Wildman–Crippen MR) is 90.6 cm³/mol. The third-order valence-electron chi connectivity index (χ3n) is 3.79. The van der Waals surface area contributed by atoms with Gasteiger partial charge in [0.25, 0.3) is 0 Å². The number of thiocarbonyl (C=S) groups is 1. The predicted octanol–water partition coefficient (Wildman–Crippen LogP) is 4.24.